The molecule has 3 aliphatic rings. The van der Waals surface area contributed by atoms with Crippen LogP contribution >= 0.6 is 0 Å². The Morgan fingerprint density at radius 3 is 1.80 bits per heavy atom. The number of rotatable bonds is 18. The highest BCUT2D eigenvalue weighted by Gasteiger charge is 2.52. The van der Waals surface area contributed by atoms with Gasteiger partial charge in [0.05, 0.1) is 30.5 Å². The molecule has 3 fully saturated rings. The fourth-order valence-electron chi connectivity index (χ4n) is 6.25. The number of aliphatic hydroxyl groups excluding tert-OH is 8. The van der Waals surface area contributed by atoms with Crippen molar-refractivity contribution >= 4 is 11.8 Å². The molecule has 8 N–H and O–H groups in total. The molecule has 16 unspecified atom stereocenters. The maximum Gasteiger partial charge on any atom is 0.333 e. The van der Waals surface area contributed by atoms with Gasteiger partial charge in [-0.25, -0.2) is 4.79 Å². The van der Waals surface area contributed by atoms with Gasteiger partial charge in [-0.15, -0.1) is 13.2 Å². The molecule has 17 nitrogen and oxygen atoms in total. The molecule has 0 aromatic rings. The lowest BCUT2D eigenvalue weighted by Gasteiger charge is -2.47. The molecule has 0 aromatic heterocycles. The Labute approximate surface area is 321 Å². The van der Waals surface area contributed by atoms with Gasteiger partial charge in [-0.2, -0.15) is 0 Å². The highest BCUT2D eigenvalue weighted by molar-refractivity contribution is 5.88. The van der Waals surface area contributed by atoms with Crippen molar-refractivity contribution in [1.29, 1.82) is 0 Å². The zero-order valence-electron chi connectivity index (χ0n) is 32.3. The molecule has 3 saturated heterocycles. The third kappa shape index (κ3) is 11.8. The molecule has 0 spiro atoms. The number of ketones is 1. The van der Waals surface area contributed by atoms with E-state index in [4.69, 9.17) is 33.2 Å². The Kier molecular flexibility index (Phi) is 17.3. The topological polar surface area (TPSA) is 261 Å². The van der Waals surface area contributed by atoms with E-state index in [2.05, 4.69) is 13.2 Å². The maximum atomic E-state index is 13.1. The van der Waals surface area contributed by atoms with Crippen molar-refractivity contribution < 1.29 is 83.6 Å². The van der Waals surface area contributed by atoms with Crippen LogP contribution in [-0.4, -0.2) is 163 Å². The van der Waals surface area contributed by atoms with E-state index in [1.165, 1.54) is 26.0 Å². The molecule has 3 heterocycles. The minimum Gasteiger partial charge on any atom is -0.453 e. The summed E-state index contributed by atoms with van der Waals surface area (Å²) in [4.78, 5) is 25.3. The second kappa shape index (κ2) is 20.3. The van der Waals surface area contributed by atoms with Crippen LogP contribution in [0, 0.1) is 0 Å². The summed E-state index contributed by atoms with van der Waals surface area (Å²) in [6.07, 6.45) is -13.4. The smallest absolute Gasteiger partial charge is 0.333 e. The van der Waals surface area contributed by atoms with Crippen molar-refractivity contribution in [1.82, 2.24) is 0 Å². The number of ether oxygens (including phenoxy) is 7. The summed E-state index contributed by atoms with van der Waals surface area (Å²) in [5.74, 6) is -1.80. The maximum absolute atomic E-state index is 13.1. The first-order valence-corrected chi connectivity index (χ1v) is 18.3. The highest BCUT2D eigenvalue weighted by Crippen LogP contribution is 2.34. The predicted molar refractivity (Wildman–Crippen MR) is 193 cm³/mol. The molecule has 3 rings (SSSR count). The second-order valence-electron chi connectivity index (χ2n) is 14.9. The molecule has 0 amide bonds. The number of aliphatic hydroxyl groups is 8. The number of esters is 1. The summed E-state index contributed by atoms with van der Waals surface area (Å²) in [5, 5.41) is 83.3. The van der Waals surface area contributed by atoms with Crippen LogP contribution in [0.1, 0.15) is 67.2 Å². The first-order valence-electron chi connectivity index (χ1n) is 18.3. The van der Waals surface area contributed by atoms with Crippen LogP contribution in [0.3, 0.4) is 0 Å². The Bertz CT molecular complexity index is 1370. The van der Waals surface area contributed by atoms with Crippen LogP contribution in [0.15, 0.2) is 48.6 Å². The average Bonchev–Trinajstić information content (AvgIpc) is 3.14. The Morgan fingerprint density at radius 2 is 1.25 bits per heavy atom. The molecule has 17 heteroatoms. The third-order valence-corrected chi connectivity index (χ3v) is 10.1. The summed E-state index contributed by atoms with van der Waals surface area (Å²) in [5.41, 5.74) is -0.987. The Hall–Kier alpha value is -2.46. The molecular formula is C38H60O17. The molecule has 3 aliphatic heterocycles. The van der Waals surface area contributed by atoms with Crippen molar-refractivity contribution in [2.45, 2.75) is 164 Å². The average molecular weight is 789 g/mol. The van der Waals surface area contributed by atoms with Crippen molar-refractivity contribution in [2.75, 3.05) is 13.2 Å². The largest absolute Gasteiger partial charge is 0.453 e. The van der Waals surface area contributed by atoms with Gasteiger partial charge in [0.25, 0.3) is 0 Å². The van der Waals surface area contributed by atoms with Gasteiger partial charge in [0, 0.05) is 5.57 Å². The van der Waals surface area contributed by atoms with E-state index in [1.807, 2.05) is 19.9 Å². The van der Waals surface area contributed by atoms with E-state index in [0.717, 1.165) is 5.57 Å². The molecule has 0 bridgehead atoms. The second-order valence-corrected chi connectivity index (χ2v) is 14.9. The van der Waals surface area contributed by atoms with Crippen LogP contribution in [0.25, 0.3) is 0 Å². The monoisotopic (exact) mass is 788 g/mol. The normalized spacial score (nSPS) is 38.0. The molecule has 0 saturated carbocycles. The number of allylic oxidation sites excluding steroid dienone is 3. The molecule has 314 valence electrons. The minimum atomic E-state index is -1.82. The van der Waals surface area contributed by atoms with Gasteiger partial charge >= 0.3 is 5.97 Å². The Morgan fingerprint density at radius 1 is 0.727 bits per heavy atom. The van der Waals surface area contributed by atoms with E-state index >= 15 is 0 Å². The lowest BCUT2D eigenvalue weighted by molar-refractivity contribution is -0.373. The summed E-state index contributed by atoms with van der Waals surface area (Å²) < 4.78 is 40.5. The lowest BCUT2D eigenvalue weighted by atomic mass is 9.96. The van der Waals surface area contributed by atoms with E-state index in [9.17, 15) is 50.4 Å². The van der Waals surface area contributed by atoms with Crippen molar-refractivity contribution in [3.8, 4) is 0 Å². The number of hydrogen-bond acceptors (Lipinski definition) is 17. The quantitative estimate of drug-likeness (QED) is 0.0499. The first-order chi connectivity index (χ1) is 25.7. The Balaban J connectivity index is 1.65. The zero-order chi connectivity index (χ0) is 41.4. The number of hydrogen-bond donors (Lipinski definition) is 8. The van der Waals surface area contributed by atoms with Gasteiger partial charge in [-0.05, 0) is 67.2 Å². The van der Waals surface area contributed by atoms with E-state index in [1.54, 1.807) is 19.9 Å². The van der Waals surface area contributed by atoms with Crippen LogP contribution in [0.2, 0.25) is 0 Å². The summed E-state index contributed by atoms with van der Waals surface area (Å²) in [7, 11) is 0. The minimum absolute atomic E-state index is 0.121. The standard InChI is InChI=1S/C38H60O17/c1-9-37(7,54-35-29(46)26(43)24(41)22(17-39)50-35)16-12-14-20(5)33(48)52-31-21(6)49-34(30(47)28(31)45)53-32-27(44)25(42)23(18-40)51-36(32)55-38(8,10-2)15-11-13-19(3)4/h9-10,13-14,21-25,27-32,34-36,39-42,44-47H,1-2,11-12,15-18H2,3-8H3. The predicted octanol–water partition coefficient (Wildman–Crippen LogP) is -0.407. The molecule has 0 radical (unpaired) electrons. The number of carbonyl (C=O) groups excluding carboxylic acids is 2. The third-order valence-electron chi connectivity index (χ3n) is 10.1. The van der Waals surface area contributed by atoms with Gasteiger partial charge in [0.1, 0.15) is 48.8 Å². The molecular weight excluding hydrogens is 728 g/mol. The number of Topliss-reactive ketones (excluding diaryl/α,β-unsaturated/α-hetero) is 1. The summed E-state index contributed by atoms with van der Waals surface area (Å²) in [6, 6.07) is 0. The molecule has 0 aromatic carbocycles. The van der Waals surface area contributed by atoms with Gasteiger partial charge in [-0.3, -0.25) is 4.79 Å². The first kappa shape index (κ1) is 46.9. The van der Waals surface area contributed by atoms with E-state index in [0.29, 0.717) is 12.8 Å². The van der Waals surface area contributed by atoms with Crippen LogP contribution < -0.4 is 0 Å². The van der Waals surface area contributed by atoms with Crippen molar-refractivity contribution in [3.05, 3.63) is 48.6 Å². The molecule has 55 heavy (non-hydrogen) atoms. The molecule has 16 atom stereocenters. The fourth-order valence-corrected chi connectivity index (χ4v) is 6.25. The van der Waals surface area contributed by atoms with Gasteiger partial charge < -0.3 is 74.0 Å². The lowest BCUT2D eigenvalue weighted by Crippen LogP contribution is -2.65. The summed E-state index contributed by atoms with van der Waals surface area (Å²) >= 11 is 0. The van der Waals surface area contributed by atoms with Crippen molar-refractivity contribution in [2.24, 2.45) is 0 Å². The van der Waals surface area contributed by atoms with Crippen LogP contribution in [-0.2, 0) is 42.7 Å². The molecule has 0 aliphatic carbocycles. The zero-order valence-corrected chi connectivity index (χ0v) is 32.3. The van der Waals surface area contributed by atoms with Gasteiger partial charge in [-0.1, -0.05) is 29.9 Å². The highest BCUT2D eigenvalue weighted by atomic mass is 16.8. The van der Waals surface area contributed by atoms with Crippen molar-refractivity contribution in [3.63, 3.8) is 0 Å². The van der Waals surface area contributed by atoms with Gasteiger partial charge in [0.15, 0.2) is 36.9 Å². The van der Waals surface area contributed by atoms with E-state index in [-0.39, 0.29) is 18.4 Å². The summed E-state index contributed by atoms with van der Waals surface area (Å²) in [6.45, 7) is 16.4. The number of carbonyl (C=O) groups is 2. The van der Waals surface area contributed by atoms with Crippen LogP contribution in [0.5, 0.6) is 0 Å². The van der Waals surface area contributed by atoms with Crippen LogP contribution in [0.4, 0.5) is 0 Å². The SMILES string of the molecule is C=CC(C)(CCC=C(C)C(=O)OC1C(C)OC(OC2C(OC(C)(C=C)CCC=C(C)C)OC(CO)C(O)C2O)C(O)C1O)OC1OC(CO)C(O)C(=O)C1O. The fraction of sp³-hybridized carbons (Fsp3) is 0.737. The van der Waals surface area contributed by atoms with Gasteiger partial charge in [0.2, 0.25) is 0 Å². The van der Waals surface area contributed by atoms with E-state index < -0.39 is 122 Å².